The largest absolute Gasteiger partial charge is 0.345 e. The molecule has 0 heterocycles. The number of benzene rings is 1. The Morgan fingerprint density at radius 3 is 2.47 bits per heavy atom. The first-order valence-electron chi connectivity index (χ1n) is 4.46. The summed E-state index contributed by atoms with van der Waals surface area (Å²) in [6.07, 6.45) is 0. The highest BCUT2D eigenvalue weighted by Gasteiger charge is 2.19. The molecule has 0 saturated carbocycles. The van der Waals surface area contributed by atoms with E-state index in [0.29, 0.717) is 0 Å². The Labute approximate surface area is 104 Å². The second kappa shape index (κ2) is 5.01. The SMILES string of the molecule is CN(C)C(=O)c1ccc(Cl)c(S(=O)(=O)NO)c1. The maximum Gasteiger partial charge on any atom is 0.263 e. The number of carbonyl (C=O) groups is 1. The molecule has 0 aliphatic rings. The van der Waals surface area contributed by atoms with Gasteiger partial charge in [0, 0.05) is 19.7 Å². The molecule has 94 valence electrons. The number of nitrogens with one attached hydrogen (secondary N) is 1. The van der Waals surface area contributed by atoms with E-state index in [9.17, 15) is 13.2 Å². The summed E-state index contributed by atoms with van der Waals surface area (Å²) in [5.41, 5.74) is 0.160. The van der Waals surface area contributed by atoms with Gasteiger partial charge in [0.2, 0.25) is 0 Å². The standard InChI is InChI=1S/C9H11ClN2O4S/c1-12(2)9(13)6-3-4-7(10)8(5-6)17(15,16)11-14/h3-5,11,14H,1-2H3. The number of nitrogens with zero attached hydrogens (tertiary/aromatic N) is 1. The van der Waals surface area contributed by atoms with E-state index in [4.69, 9.17) is 16.8 Å². The van der Waals surface area contributed by atoms with Gasteiger partial charge in [0.1, 0.15) is 4.90 Å². The summed E-state index contributed by atoms with van der Waals surface area (Å²) in [5, 5.41) is 8.44. The maximum atomic E-state index is 11.6. The third-order valence-corrected chi connectivity index (χ3v) is 3.59. The van der Waals surface area contributed by atoms with Crippen LogP contribution < -0.4 is 4.89 Å². The molecule has 0 spiro atoms. The Morgan fingerprint density at radius 1 is 1.41 bits per heavy atom. The Bertz CT molecular complexity index is 542. The van der Waals surface area contributed by atoms with E-state index in [1.807, 2.05) is 0 Å². The average Bonchev–Trinajstić information content (AvgIpc) is 2.28. The highest BCUT2D eigenvalue weighted by atomic mass is 35.5. The van der Waals surface area contributed by atoms with Crippen LogP contribution in [0.1, 0.15) is 10.4 Å². The first-order valence-corrected chi connectivity index (χ1v) is 6.33. The van der Waals surface area contributed by atoms with Gasteiger partial charge < -0.3 is 10.1 Å². The van der Waals surface area contributed by atoms with Crippen molar-refractivity contribution in [3.05, 3.63) is 28.8 Å². The number of amides is 1. The van der Waals surface area contributed by atoms with Crippen LogP contribution in [0.4, 0.5) is 0 Å². The number of hydrogen-bond acceptors (Lipinski definition) is 4. The predicted molar refractivity (Wildman–Crippen MR) is 61.6 cm³/mol. The summed E-state index contributed by atoms with van der Waals surface area (Å²) in [4.78, 5) is 13.7. The summed E-state index contributed by atoms with van der Waals surface area (Å²) in [5.74, 6) is -0.365. The van der Waals surface area contributed by atoms with Crippen LogP contribution >= 0.6 is 11.6 Å². The number of sulfonamides is 1. The van der Waals surface area contributed by atoms with Crippen LogP contribution in [0.5, 0.6) is 0 Å². The van der Waals surface area contributed by atoms with Gasteiger partial charge in [-0.25, -0.2) is 8.42 Å². The van der Waals surface area contributed by atoms with Gasteiger partial charge in [-0.1, -0.05) is 16.5 Å². The van der Waals surface area contributed by atoms with E-state index in [1.165, 1.54) is 31.1 Å². The van der Waals surface area contributed by atoms with Gasteiger partial charge in [-0.05, 0) is 18.2 Å². The first-order chi connectivity index (χ1) is 7.79. The van der Waals surface area contributed by atoms with Crippen LogP contribution in [0.2, 0.25) is 5.02 Å². The van der Waals surface area contributed by atoms with E-state index in [0.717, 1.165) is 11.0 Å². The summed E-state index contributed by atoms with van der Waals surface area (Å²) in [6.45, 7) is 0. The second-order valence-electron chi connectivity index (χ2n) is 3.44. The van der Waals surface area contributed by atoms with Crippen LogP contribution in [0.25, 0.3) is 0 Å². The van der Waals surface area contributed by atoms with Crippen molar-refractivity contribution in [2.24, 2.45) is 0 Å². The van der Waals surface area contributed by atoms with Crippen molar-refractivity contribution < 1.29 is 18.4 Å². The zero-order chi connectivity index (χ0) is 13.2. The molecular weight excluding hydrogens is 268 g/mol. The normalized spacial score (nSPS) is 11.3. The van der Waals surface area contributed by atoms with E-state index in [1.54, 1.807) is 0 Å². The molecule has 0 atom stereocenters. The molecule has 0 fully saturated rings. The monoisotopic (exact) mass is 278 g/mol. The van der Waals surface area contributed by atoms with Crippen molar-refractivity contribution in [3.63, 3.8) is 0 Å². The maximum absolute atomic E-state index is 11.6. The van der Waals surface area contributed by atoms with Gasteiger partial charge in [-0.15, -0.1) is 0 Å². The van der Waals surface area contributed by atoms with E-state index in [-0.39, 0.29) is 21.4 Å². The smallest absolute Gasteiger partial charge is 0.263 e. The van der Waals surface area contributed by atoms with Gasteiger partial charge in [-0.3, -0.25) is 4.79 Å². The predicted octanol–water partition coefficient (Wildman–Crippen LogP) is 0.709. The number of carbonyl (C=O) groups excluding carboxylic acids is 1. The zero-order valence-corrected chi connectivity index (χ0v) is 10.7. The lowest BCUT2D eigenvalue weighted by molar-refractivity contribution is 0.0827. The first kappa shape index (κ1) is 13.9. The lowest BCUT2D eigenvalue weighted by Gasteiger charge is -2.11. The second-order valence-corrected chi connectivity index (χ2v) is 5.48. The average molecular weight is 279 g/mol. The fourth-order valence-electron chi connectivity index (χ4n) is 1.15. The molecule has 0 aromatic heterocycles. The van der Waals surface area contributed by atoms with Crippen LogP contribution in [-0.2, 0) is 10.0 Å². The van der Waals surface area contributed by atoms with Crippen molar-refractivity contribution in [3.8, 4) is 0 Å². The third-order valence-electron chi connectivity index (χ3n) is 1.99. The molecule has 1 aromatic carbocycles. The Balaban J connectivity index is 3.35. The molecule has 1 amide bonds. The lowest BCUT2D eigenvalue weighted by Crippen LogP contribution is -2.23. The number of hydrogen-bond donors (Lipinski definition) is 2. The van der Waals surface area contributed by atoms with Crippen LogP contribution in [0.15, 0.2) is 23.1 Å². The molecule has 1 aromatic rings. The van der Waals surface area contributed by atoms with E-state index >= 15 is 0 Å². The summed E-state index contributed by atoms with van der Waals surface area (Å²) in [7, 11) is -1.03. The molecule has 0 saturated heterocycles. The van der Waals surface area contributed by atoms with E-state index < -0.39 is 10.0 Å². The minimum Gasteiger partial charge on any atom is -0.345 e. The molecular formula is C9H11ClN2O4S. The topological polar surface area (TPSA) is 86.7 Å². The molecule has 6 nitrogen and oxygen atoms in total. The molecule has 8 heteroatoms. The molecule has 0 radical (unpaired) electrons. The Kier molecular flexibility index (Phi) is 4.10. The zero-order valence-electron chi connectivity index (χ0n) is 9.14. The summed E-state index contributed by atoms with van der Waals surface area (Å²) < 4.78 is 22.8. The lowest BCUT2D eigenvalue weighted by atomic mass is 10.2. The van der Waals surface area contributed by atoms with Crippen LogP contribution in [0.3, 0.4) is 0 Å². The van der Waals surface area contributed by atoms with Gasteiger partial charge >= 0.3 is 0 Å². The molecule has 17 heavy (non-hydrogen) atoms. The minimum atomic E-state index is -4.11. The molecule has 0 bridgehead atoms. The highest BCUT2D eigenvalue weighted by Crippen LogP contribution is 2.22. The molecule has 0 aliphatic carbocycles. The van der Waals surface area contributed by atoms with Gasteiger partial charge in [0.25, 0.3) is 15.9 Å². The van der Waals surface area contributed by atoms with Crippen molar-refractivity contribution >= 4 is 27.5 Å². The van der Waals surface area contributed by atoms with E-state index in [2.05, 4.69) is 0 Å². The van der Waals surface area contributed by atoms with Crippen molar-refractivity contribution in [1.29, 1.82) is 0 Å². The fraction of sp³-hybridized carbons (Fsp3) is 0.222. The van der Waals surface area contributed by atoms with Gasteiger partial charge in [-0.2, -0.15) is 0 Å². The number of halogens is 1. The van der Waals surface area contributed by atoms with Gasteiger partial charge in [0.15, 0.2) is 0 Å². The minimum absolute atomic E-state index is 0.0816. The molecule has 0 unspecified atom stereocenters. The quantitative estimate of drug-likeness (QED) is 0.797. The highest BCUT2D eigenvalue weighted by molar-refractivity contribution is 7.89. The third kappa shape index (κ3) is 2.95. The fourth-order valence-corrected chi connectivity index (χ4v) is 2.28. The van der Waals surface area contributed by atoms with Crippen LogP contribution in [0, 0.1) is 0 Å². The summed E-state index contributed by atoms with van der Waals surface area (Å²) >= 11 is 5.69. The molecule has 2 N–H and O–H groups in total. The summed E-state index contributed by atoms with van der Waals surface area (Å²) in [6, 6.07) is 3.78. The molecule has 0 aliphatic heterocycles. The molecule has 1 rings (SSSR count). The van der Waals surface area contributed by atoms with Crippen molar-refractivity contribution in [2.75, 3.05) is 14.1 Å². The van der Waals surface area contributed by atoms with Crippen LogP contribution in [-0.4, -0.2) is 38.5 Å². The van der Waals surface area contributed by atoms with Crippen molar-refractivity contribution in [1.82, 2.24) is 9.79 Å². The number of rotatable bonds is 3. The Hall–Kier alpha value is -1.15. The van der Waals surface area contributed by atoms with Gasteiger partial charge in [0.05, 0.1) is 5.02 Å². The Morgan fingerprint density at radius 2 is 2.00 bits per heavy atom. The van der Waals surface area contributed by atoms with Crippen molar-refractivity contribution in [2.45, 2.75) is 4.90 Å².